The van der Waals surface area contributed by atoms with Crippen LogP contribution in [0.2, 0.25) is 0 Å². The third kappa shape index (κ3) is 3.59. The van der Waals surface area contributed by atoms with E-state index in [0.717, 1.165) is 29.0 Å². The van der Waals surface area contributed by atoms with Crippen LogP contribution in [0, 0.1) is 0 Å². The van der Waals surface area contributed by atoms with E-state index in [0.29, 0.717) is 13.2 Å². The summed E-state index contributed by atoms with van der Waals surface area (Å²) in [5.74, 6) is 0.912. The van der Waals surface area contributed by atoms with Crippen LogP contribution in [-0.4, -0.2) is 32.1 Å². The van der Waals surface area contributed by atoms with Gasteiger partial charge < -0.3 is 15.4 Å². The lowest BCUT2D eigenvalue weighted by atomic mass is 9.99. The molecular formula is C17H22N2O. The lowest BCUT2D eigenvalue weighted by molar-refractivity contribution is 0.262. The van der Waals surface area contributed by atoms with Crippen molar-refractivity contribution in [2.24, 2.45) is 5.73 Å². The van der Waals surface area contributed by atoms with Crippen LogP contribution < -0.4 is 10.5 Å². The molecule has 0 bridgehead atoms. The molecule has 2 rings (SSSR count). The van der Waals surface area contributed by atoms with E-state index in [1.807, 2.05) is 44.4 Å². The number of benzene rings is 2. The van der Waals surface area contributed by atoms with Gasteiger partial charge in [-0.3, -0.25) is 0 Å². The summed E-state index contributed by atoms with van der Waals surface area (Å²) in [4.78, 5) is 2.11. The van der Waals surface area contributed by atoms with Gasteiger partial charge >= 0.3 is 0 Å². The van der Waals surface area contributed by atoms with E-state index in [9.17, 15) is 0 Å². The fraction of sp³-hybridized carbons (Fsp3) is 0.294. The van der Waals surface area contributed by atoms with Crippen molar-refractivity contribution in [2.75, 3.05) is 27.2 Å². The number of likely N-dealkylation sites (N-methyl/N-ethyl adjacent to an activating group) is 1. The number of ether oxygens (including phenoxy) is 1. The zero-order chi connectivity index (χ0) is 14.4. The largest absolute Gasteiger partial charge is 0.492 e. The first-order valence-corrected chi connectivity index (χ1v) is 6.87. The molecule has 0 spiro atoms. The normalized spacial score (nSPS) is 10.8. The summed E-state index contributed by atoms with van der Waals surface area (Å²) in [5.41, 5.74) is 9.22. The molecule has 0 aromatic heterocycles. The number of rotatable bonds is 6. The molecule has 0 aliphatic heterocycles. The highest BCUT2D eigenvalue weighted by Gasteiger charge is 2.09. The van der Waals surface area contributed by atoms with E-state index in [4.69, 9.17) is 10.5 Å². The van der Waals surface area contributed by atoms with Crippen molar-refractivity contribution >= 4 is 0 Å². The maximum absolute atomic E-state index is 5.92. The minimum Gasteiger partial charge on any atom is -0.492 e. The molecule has 0 aliphatic rings. The van der Waals surface area contributed by atoms with E-state index in [-0.39, 0.29) is 0 Å². The van der Waals surface area contributed by atoms with Gasteiger partial charge in [0, 0.05) is 18.7 Å². The average molecular weight is 270 g/mol. The number of nitrogens with two attached hydrogens (primary N) is 1. The van der Waals surface area contributed by atoms with Crippen LogP contribution >= 0.6 is 0 Å². The molecule has 2 aromatic carbocycles. The van der Waals surface area contributed by atoms with Crippen LogP contribution in [0.25, 0.3) is 11.1 Å². The summed E-state index contributed by atoms with van der Waals surface area (Å²) in [6.07, 6.45) is 0. The molecule has 0 fully saturated rings. The maximum Gasteiger partial charge on any atom is 0.127 e. The Morgan fingerprint density at radius 3 is 2.30 bits per heavy atom. The SMILES string of the molecule is CN(C)CCOc1ccccc1-c1ccccc1CN. The number of hydrogen-bond donors (Lipinski definition) is 1. The average Bonchev–Trinajstić information content (AvgIpc) is 2.47. The molecule has 0 aliphatic carbocycles. The number of nitrogens with zero attached hydrogens (tertiary/aromatic N) is 1. The summed E-state index contributed by atoms with van der Waals surface area (Å²) in [5, 5.41) is 0. The van der Waals surface area contributed by atoms with Crippen LogP contribution in [-0.2, 0) is 6.54 Å². The van der Waals surface area contributed by atoms with E-state index in [2.05, 4.69) is 23.1 Å². The first-order chi connectivity index (χ1) is 9.72. The summed E-state index contributed by atoms with van der Waals surface area (Å²) in [6, 6.07) is 16.3. The predicted molar refractivity (Wildman–Crippen MR) is 83.8 cm³/mol. The lowest BCUT2D eigenvalue weighted by Gasteiger charge is -2.15. The van der Waals surface area contributed by atoms with Gasteiger partial charge in [0.05, 0.1) is 0 Å². The third-order valence-electron chi connectivity index (χ3n) is 3.21. The first-order valence-electron chi connectivity index (χ1n) is 6.87. The Hall–Kier alpha value is -1.84. The fourth-order valence-corrected chi connectivity index (χ4v) is 2.11. The Balaban J connectivity index is 2.27. The summed E-state index contributed by atoms with van der Waals surface area (Å²) >= 11 is 0. The Morgan fingerprint density at radius 2 is 1.60 bits per heavy atom. The second-order valence-corrected chi connectivity index (χ2v) is 5.01. The van der Waals surface area contributed by atoms with E-state index in [1.54, 1.807) is 0 Å². The van der Waals surface area contributed by atoms with Crippen LogP contribution in [0.15, 0.2) is 48.5 Å². The Bertz CT molecular complexity index is 552. The van der Waals surface area contributed by atoms with Crippen LogP contribution in [0.5, 0.6) is 5.75 Å². The van der Waals surface area contributed by atoms with Crippen LogP contribution in [0.3, 0.4) is 0 Å². The van der Waals surface area contributed by atoms with Crippen molar-refractivity contribution < 1.29 is 4.74 Å². The van der Waals surface area contributed by atoms with Crippen LogP contribution in [0.1, 0.15) is 5.56 Å². The summed E-state index contributed by atoms with van der Waals surface area (Å²) in [6.45, 7) is 2.10. The van der Waals surface area contributed by atoms with Crippen molar-refractivity contribution in [2.45, 2.75) is 6.54 Å². The molecule has 0 heterocycles. The number of para-hydroxylation sites is 1. The number of hydrogen-bond acceptors (Lipinski definition) is 3. The van der Waals surface area contributed by atoms with Gasteiger partial charge in [0.15, 0.2) is 0 Å². The van der Waals surface area contributed by atoms with Gasteiger partial charge in [-0.05, 0) is 31.3 Å². The van der Waals surface area contributed by atoms with Gasteiger partial charge in [-0.1, -0.05) is 42.5 Å². The second kappa shape index (κ2) is 7.08. The fourth-order valence-electron chi connectivity index (χ4n) is 2.11. The Kier molecular flexibility index (Phi) is 5.16. The minimum atomic E-state index is 0.530. The molecule has 0 atom stereocenters. The van der Waals surface area contributed by atoms with Crippen molar-refractivity contribution in [1.82, 2.24) is 4.90 Å². The third-order valence-corrected chi connectivity index (χ3v) is 3.21. The Labute approximate surface area is 121 Å². The summed E-state index contributed by atoms with van der Waals surface area (Å²) < 4.78 is 5.92. The van der Waals surface area contributed by atoms with Crippen molar-refractivity contribution in [1.29, 1.82) is 0 Å². The van der Waals surface area contributed by atoms with Gasteiger partial charge in [0.2, 0.25) is 0 Å². The molecule has 0 amide bonds. The second-order valence-electron chi connectivity index (χ2n) is 5.01. The van der Waals surface area contributed by atoms with Gasteiger partial charge in [0.1, 0.15) is 12.4 Å². The van der Waals surface area contributed by atoms with Crippen molar-refractivity contribution in [3.05, 3.63) is 54.1 Å². The smallest absolute Gasteiger partial charge is 0.127 e. The van der Waals surface area contributed by atoms with E-state index < -0.39 is 0 Å². The molecule has 2 aromatic rings. The quantitative estimate of drug-likeness (QED) is 0.877. The molecule has 106 valence electrons. The molecule has 2 N–H and O–H groups in total. The van der Waals surface area contributed by atoms with E-state index in [1.165, 1.54) is 0 Å². The maximum atomic E-state index is 5.92. The van der Waals surface area contributed by atoms with Gasteiger partial charge in [-0.15, -0.1) is 0 Å². The monoisotopic (exact) mass is 270 g/mol. The van der Waals surface area contributed by atoms with Gasteiger partial charge in [0.25, 0.3) is 0 Å². The minimum absolute atomic E-state index is 0.530. The van der Waals surface area contributed by atoms with Gasteiger partial charge in [-0.2, -0.15) is 0 Å². The Morgan fingerprint density at radius 1 is 0.950 bits per heavy atom. The predicted octanol–water partition coefficient (Wildman–Crippen LogP) is 2.75. The highest BCUT2D eigenvalue weighted by molar-refractivity contribution is 5.73. The molecule has 0 saturated heterocycles. The first kappa shape index (κ1) is 14.6. The standard InChI is InChI=1S/C17H22N2O/c1-19(2)11-12-20-17-10-6-5-9-16(17)15-8-4-3-7-14(15)13-18/h3-10H,11-13,18H2,1-2H3. The summed E-state index contributed by atoms with van der Waals surface area (Å²) in [7, 11) is 4.08. The molecule has 20 heavy (non-hydrogen) atoms. The molecule has 0 unspecified atom stereocenters. The lowest BCUT2D eigenvalue weighted by Crippen LogP contribution is -2.19. The van der Waals surface area contributed by atoms with Crippen molar-refractivity contribution in [3.8, 4) is 16.9 Å². The highest BCUT2D eigenvalue weighted by atomic mass is 16.5. The molecule has 0 radical (unpaired) electrons. The van der Waals surface area contributed by atoms with E-state index >= 15 is 0 Å². The van der Waals surface area contributed by atoms with Crippen LogP contribution in [0.4, 0.5) is 0 Å². The molecule has 3 nitrogen and oxygen atoms in total. The zero-order valence-electron chi connectivity index (χ0n) is 12.2. The molecule has 3 heteroatoms. The zero-order valence-corrected chi connectivity index (χ0v) is 12.2. The van der Waals surface area contributed by atoms with Gasteiger partial charge in [-0.25, -0.2) is 0 Å². The molecule has 0 saturated carbocycles. The molecular weight excluding hydrogens is 248 g/mol. The van der Waals surface area contributed by atoms with Crippen molar-refractivity contribution in [3.63, 3.8) is 0 Å². The highest BCUT2D eigenvalue weighted by Crippen LogP contribution is 2.32. The topological polar surface area (TPSA) is 38.5 Å².